The number of rotatable bonds is 8. The van der Waals surface area contributed by atoms with E-state index in [1.165, 1.54) is 0 Å². The molecule has 9 nitrogen and oxygen atoms in total. The van der Waals surface area contributed by atoms with E-state index in [-0.39, 0.29) is 13.2 Å². The molecule has 0 spiro atoms. The maximum Gasteiger partial charge on any atom is 0.697 e. The third-order valence-corrected chi connectivity index (χ3v) is 1.73. The van der Waals surface area contributed by atoms with E-state index in [0.29, 0.717) is 0 Å². The van der Waals surface area contributed by atoms with Crippen LogP contribution in [0.3, 0.4) is 0 Å². The fraction of sp³-hybridized carbons (Fsp3) is 1.00. The molecule has 0 N–H and O–H groups in total. The normalized spacial score (nSPS) is 9.71. The molecule has 0 bridgehead atoms. The lowest BCUT2D eigenvalue weighted by atomic mass is 10.7. The van der Waals surface area contributed by atoms with Gasteiger partial charge in [-0.3, -0.25) is 20.2 Å². The van der Waals surface area contributed by atoms with Crippen molar-refractivity contribution >= 4 is 8.25 Å². The Kier molecular flexibility index (Phi) is 6.63. The van der Waals surface area contributed by atoms with E-state index in [9.17, 15) is 24.8 Å². The molecule has 80 valence electrons. The lowest BCUT2D eigenvalue weighted by Crippen LogP contribution is -2.08. The van der Waals surface area contributed by atoms with Gasteiger partial charge in [-0.05, 0) is 0 Å². The molecule has 0 aliphatic heterocycles. The van der Waals surface area contributed by atoms with Gasteiger partial charge in [-0.2, -0.15) is 0 Å². The summed E-state index contributed by atoms with van der Waals surface area (Å²) in [6, 6.07) is 0. The Morgan fingerprint density at radius 3 is 1.64 bits per heavy atom. The first-order valence-corrected chi connectivity index (χ1v) is 4.58. The zero-order chi connectivity index (χ0) is 11.0. The second kappa shape index (κ2) is 7.25. The van der Waals surface area contributed by atoms with E-state index in [0.717, 1.165) is 0 Å². The average molecular weight is 227 g/mol. The second-order valence-electron chi connectivity index (χ2n) is 2.00. The maximum absolute atomic E-state index is 10.7. The van der Waals surface area contributed by atoms with Gasteiger partial charge in [-0.1, -0.05) is 0 Å². The molecule has 0 radical (unpaired) electrons. The highest BCUT2D eigenvalue weighted by atomic mass is 31.1. The van der Waals surface area contributed by atoms with Crippen molar-refractivity contribution in [1.82, 2.24) is 0 Å². The summed E-state index contributed by atoms with van der Waals surface area (Å²) in [5.41, 5.74) is 0. The van der Waals surface area contributed by atoms with Gasteiger partial charge in [-0.25, -0.2) is 0 Å². The zero-order valence-corrected chi connectivity index (χ0v) is 7.92. The van der Waals surface area contributed by atoms with E-state index in [2.05, 4.69) is 9.05 Å². The summed E-state index contributed by atoms with van der Waals surface area (Å²) < 4.78 is 19.4. The van der Waals surface area contributed by atoms with Gasteiger partial charge in [0.2, 0.25) is 13.1 Å². The van der Waals surface area contributed by atoms with Crippen LogP contribution in [-0.2, 0) is 13.6 Å². The minimum atomic E-state index is -2.50. The van der Waals surface area contributed by atoms with E-state index >= 15 is 0 Å². The number of hydrogen-bond donors (Lipinski definition) is 0. The average Bonchev–Trinajstić information content (AvgIpc) is 2.02. The first kappa shape index (κ1) is 12.8. The molecule has 0 aromatic rings. The van der Waals surface area contributed by atoms with Crippen LogP contribution >= 0.6 is 8.25 Å². The van der Waals surface area contributed by atoms with Gasteiger partial charge in [0.1, 0.15) is 0 Å². The summed E-state index contributed by atoms with van der Waals surface area (Å²) in [7, 11) is -2.50. The van der Waals surface area contributed by atoms with Crippen LogP contribution in [0.5, 0.6) is 0 Å². The molecule has 0 unspecified atom stereocenters. The van der Waals surface area contributed by atoms with Gasteiger partial charge in [-0.15, -0.1) is 9.05 Å². The largest absolute Gasteiger partial charge is 0.697 e. The molecule has 10 heteroatoms. The van der Waals surface area contributed by atoms with Gasteiger partial charge < -0.3 is 0 Å². The third kappa shape index (κ3) is 8.91. The van der Waals surface area contributed by atoms with Crippen LogP contribution in [0.25, 0.3) is 0 Å². The predicted octanol–water partition coefficient (Wildman–Crippen LogP) is 0.230. The van der Waals surface area contributed by atoms with Crippen molar-refractivity contribution in [3.63, 3.8) is 0 Å². The van der Waals surface area contributed by atoms with Crippen molar-refractivity contribution in [1.29, 1.82) is 0 Å². The minimum absolute atomic E-state index is 0.347. The molecule has 0 saturated carbocycles. The summed E-state index contributed by atoms with van der Waals surface area (Å²) >= 11 is 0. The molecule has 0 aliphatic carbocycles. The lowest BCUT2D eigenvalue weighted by Gasteiger charge is -1.87. The van der Waals surface area contributed by atoms with E-state index in [4.69, 9.17) is 0 Å². The highest BCUT2D eigenvalue weighted by Gasteiger charge is 2.22. The Bertz CT molecular complexity index is 210. The molecule has 0 fully saturated rings. The van der Waals surface area contributed by atoms with Gasteiger partial charge in [0.05, 0.1) is 0 Å². The molecule has 14 heavy (non-hydrogen) atoms. The highest BCUT2D eigenvalue weighted by Crippen LogP contribution is 2.22. The van der Waals surface area contributed by atoms with Crippen LogP contribution in [0.2, 0.25) is 0 Å². The van der Waals surface area contributed by atoms with Crippen LogP contribution < -0.4 is 0 Å². The van der Waals surface area contributed by atoms with Crippen molar-refractivity contribution in [2.75, 3.05) is 26.3 Å². The van der Waals surface area contributed by atoms with E-state index < -0.39 is 31.2 Å². The number of nitro groups is 2. The zero-order valence-electron chi connectivity index (χ0n) is 7.03. The minimum Gasteiger partial charge on any atom is -0.264 e. The highest BCUT2D eigenvalue weighted by molar-refractivity contribution is 7.33. The molecule has 0 atom stereocenters. The summed E-state index contributed by atoms with van der Waals surface area (Å²) in [5.74, 6) is 0. The quantitative estimate of drug-likeness (QED) is 0.330. The molecule has 0 amide bonds. The van der Waals surface area contributed by atoms with Crippen LogP contribution in [-0.4, -0.2) is 36.1 Å². The van der Waals surface area contributed by atoms with Crippen LogP contribution in [0.1, 0.15) is 0 Å². The number of nitrogens with zero attached hydrogens (tertiary/aromatic N) is 2. The van der Waals surface area contributed by atoms with Crippen LogP contribution in [0.4, 0.5) is 0 Å². The lowest BCUT2D eigenvalue weighted by molar-refractivity contribution is -0.482. The number of hydrogen-bond acceptors (Lipinski definition) is 7. The van der Waals surface area contributed by atoms with Crippen molar-refractivity contribution in [2.45, 2.75) is 0 Å². The monoisotopic (exact) mass is 227 g/mol. The summed E-state index contributed by atoms with van der Waals surface area (Å²) in [6.45, 7) is -1.67. The summed E-state index contributed by atoms with van der Waals surface area (Å²) in [6.07, 6.45) is 0. The molecular weight excluding hydrogens is 219 g/mol. The Morgan fingerprint density at radius 1 is 1.00 bits per heavy atom. The van der Waals surface area contributed by atoms with E-state index in [1.54, 1.807) is 0 Å². The fourth-order valence-corrected chi connectivity index (χ4v) is 0.953. The first-order valence-electron chi connectivity index (χ1n) is 3.49. The van der Waals surface area contributed by atoms with Gasteiger partial charge in [0.25, 0.3) is 0 Å². The van der Waals surface area contributed by atoms with Crippen molar-refractivity contribution in [3.8, 4) is 0 Å². The van der Waals surface area contributed by atoms with Crippen molar-refractivity contribution in [3.05, 3.63) is 20.2 Å². The molecule has 0 saturated heterocycles. The van der Waals surface area contributed by atoms with Gasteiger partial charge in [0.15, 0.2) is 13.2 Å². The molecule has 0 rings (SSSR count). The van der Waals surface area contributed by atoms with Gasteiger partial charge in [0, 0.05) is 14.4 Å². The molecule has 0 aromatic heterocycles. The molecular formula is C4H8N2O7P+. The van der Waals surface area contributed by atoms with Gasteiger partial charge >= 0.3 is 8.25 Å². The van der Waals surface area contributed by atoms with E-state index in [1.807, 2.05) is 0 Å². The maximum atomic E-state index is 10.7. The Balaban J connectivity index is 3.37. The SMILES string of the molecule is O=[N+]([O-])CCO[P+](=O)OCC[N+](=O)[O-]. The predicted molar refractivity (Wildman–Crippen MR) is 43.2 cm³/mol. The standard InChI is InChI=1S/C4H8N2O7P/c7-5(8)1-3-12-14(11)13-4-2-6(9)10/h1-4H2/q+1. The Hall–Kier alpha value is -1.18. The van der Waals surface area contributed by atoms with Crippen molar-refractivity contribution in [2.24, 2.45) is 0 Å². The Labute approximate surface area is 79.2 Å². The topological polar surface area (TPSA) is 122 Å². The Morgan fingerprint density at radius 2 is 1.36 bits per heavy atom. The van der Waals surface area contributed by atoms with Crippen molar-refractivity contribution < 1.29 is 23.5 Å². The smallest absolute Gasteiger partial charge is 0.264 e. The fourth-order valence-electron chi connectivity index (χ4n) is 0.417. The molecule has 0 heterocycles. The first-order chi connectivity index (χ1) is 6.52. The van der Waals surface area contributed by atoms with Crippen LogP contribution in [0.15, 0.2) is 0 Å². The molecule has 0 aliphatic rings. The summed E-state index contributed by atoms with van der Waals surface area (Å²) in [5, 5.41) is 19.6. The van der Waals surface area contributed by atoms with Crippen LogP contribution in [0, 0.1) is 20.2 Å². The summed E-state index contributed by atoms with van der Waals surface area (Å²) in [4.78, 5) is 18.3. The molecule has 0 aromatic carbocycles. The third-order valence-electron chi connectivity index (χ3n) is 0.941. The second-order valence-corrected chi connectivity index (χ2v) is 2.97.